The number of unbranched alkanes of at least 4 members (excludes halogenated alkanes) is 9. The molecular formula is C21H32N2O2. The van der Waals surface area contributed by atoms with Crippen LogP contribution in [0.5, 0.6) is 0 Å². The number of para-hydroxylation sites is 1. The highest BCUT2D eigenvalue weighted by atomic mass is 16.2. The predicted octanol–water partition coefficient (Wildman–Crippen LogP) is 5.09. The molecule has 0 saturated carbocycles. The van der Waals surface area contributed by atoms with Crippen molar-refractivity contribution in [3.05, 3.63) is 30.3 Å². The van der Waals surface area contributed by atoms with Crippen LogP contribution in [0.1, 0.15) is 77.6 Å². The molecule has 0 aromatic heterocycles. The summed E-state index contributed by atoms with van der Waals surface area (Å²) in [5.74, 6) is -0.201. The number of nitrogens with zero attached hydrogens (tertiary/aromatic N) is 2. The van der Waals surface area contributed by atoms with Crippen LogP contribution in [0.2, 0.25) is 0 Å². The molecule has 1 aromatic rings. The third-order valence-electron chi connectivity index (χ3n) is 4.79. The Morgan fingerprint density at radius 2 is 1.32 bits per heavy atom. The van der Waals surface area contributed by atoms with Gasteiger partial charge in [-0.3, -0.25) is 9.59 Å². The number of anilines is 1. The van der Waals surface area contributed by atoms with E-state index in [0.29, 0.717) is 6.54 Å². The lowest BCUT2D eigenvalue weighted by Gasteiger charge is -2.27. The van der Waals surface area contributed by atoms with E-state index < -0.39 is 0 Å². The second-order valence-electron chi connectivity index (χ2n) is 6.92. The molecular weight excluding hydrogens is 312 g/mol. The number of hydrogen-bond donors (Lipinski definition) is 0. The summed E-state index contributed by atoms with van der Waals surface area (Å²) in [7, 11) is 0. The van der Waals surface area contributed by atoms with Crippen molar-refractivity contribution in [2.45, 2.75) is 77.6 Å². The molecule has 4 heteroatoms. The second-order valence-corrected chi connectivity index (χ2v) is 6.92. The maximum atomic E-state index is 12.1. The van der Waals surface area contributed by atoms with E-state index in [2.05, 4.69) is 6.92 Å². The van der Waals surface area contributed by atoms with Crippen LogP contribution in [0, 0.1) is 0 Å². The van der Waals surface area contributed by atoms with Crippen LogP contribution in [0.25, 0.3) is 0 Å². The molecule has 1 fully saturated rings. The number of carbonyl (C=O) groups excluding carboxylic acids is 2. The minimum absolute atomic E-state index is 0.00729. The predicted molar refractivity (Wildman–Crippen MR) is 102 cm³/mol. The van der Waals surface area contributed by atoms with Gasteiger partial charge in [0.15, 0.2) is 0 Å². The van der Waals surface area contributed by atoms with Gasteiger partial charge in [-0.15, -0.1) is 0 Å². The van der Waals surface area contributed by atoms with E-state index in [1.165, 1.54) is 51.4 Å². The van der Waals surface area contributed by atoms with Crippen molar-refractivity contribution >= 4 is 17.5 Å². The zero-order valence-corrected chi connectivity index (χ0v) is 15.6. The molecule has 0 atom stereocenters. The number of benzene rings is 1. The quantitative estimate of drug-likeness (QED) is 0.391. The summed E-state index contributed by atoms with van der Waals surface area (Å²) in [5.41, 5.74) is 0.783. The van der Waals surface area contributed by atoms with E-state index in [0.717, 1.165) is 18.5 Å². The number of hydrogen-bond acceptors (Lipinski definition) is 2. The highest BCUT2D eigenvalue weighted by Crippen LogP contribution is 2.24. The summed E-state index contributed by atoms with van der Waals surface area (Å²) >= 11 is 0. The van der Waals surface area contributed by atoms with Gasteiger partial charge in [-0.2, -0.15) is 0 Å². The summed E-state index contributed by atoms with van der Waals surface area (Å²) in [4.78, 5) is 24.3. The van der Waals surface area contributed by atoms with E-state index in [4.69, 9.17) is 0 Å². The average Bonchev–Trinajstić information content (AvgIpc) is 2.90. The van der Waals surface area contributed by atoms with Gasteiger partial charge in [0.25, 0.3) is 11.8 Å². The normalized spacial score (nSPS) is 14.6. The highest BCUT2D eigenvalue weighted by Gasteiger charge is 2.36. The Morgan fingerprint density at radius 3 is 1.92 bits per heavy atom. The summed E-state index contributed by atoms with van der Waals surface area (Å²) in [6.45, 7) is 2.88. The fourth-order valence-corrected chi connectivity index (χ4v) is 3.37. The first kappa shape index (κ1) is 19.5. The van der Waals surface area contributed by atoms with Crippen LogP contribution < -0.4 is 5.01 Å². The van der Waals surface area contributed by atoms with Gasteiger partial charge < -0.3 is 0 Å². The Hall–Kier alpha value is -1.84. The number of amides is 2. The molecule has 2 amide bonds. The maximum absolute atomic E-state index is 12.1. The molecule has 1 aromatic carbocycles. The molecule has 0 radical (unpaired) electrons. The lowest BCUT2D eigenvalue weighted by molar-refractivity contribution is -0.128. The van der Waals surface area contributed by atoms with E-state index in [1.54, 1.807) is 10.0 Å². The largest absolute Gasteiger partial charge is 0.272 e. The number of hydrazine groups is 1. The van der Waals surface area contributed by atoms with Crippen molar-refractivity contribution in [3.8, 4) is 0 Å². The zero-order valence-electron chi connectivity index (χ0n) is 15.6. The third-order valence-corrected chi connectivity index (χ3v) is 4.79. The van der Waals surface area contributed by atoms with Gasteiger partial charge in [-0.1, -0.05) is 82.9 Å². The molecule has 138 valence electrons. The number of rotatable bonds is 12. The molecule has 0 aliphatic carbocycles. The lowest BCUT2D eigenvalue weighted by atomic mass is 10.1. The van der Waals surface area contributed by atoms with Gasteiger partial charge in [0, 0.05) is 6.54 Å². The fourth-order valence-electron chi connectivity index (χ4n) is 3.37. The van der Waals surface area contributed by atoms with Crippen LogP contribution in [0.15, 0.2) is 30.3 Å². The van der Waals surface area contributed by atoms with Crippen LogP contribution in [-0.4, -0.2) is 23.4 Å². The summed E-state index contributed by atoms with van der Waals surface area (Å²) in [5, 5.41) is 3.18. The summed E-state index contributed by atoms with van der Waals surface area (Å²) < 4.78 is 0. The third kappa shape index (κ3) is 6.18. The van der Waals surface area contributed by atoms with Gasteiger partial charge in [-0.25, -0.2) is 10.0 Å². The molecule has 4 nitrogen and oxygen atoms in total. The summed E-state index contributed by atoms with van der Waals surface area (Å²) in [6, 6.07) is 9.46. The van der Waals surface area contributed by atoms with E-state index >= 15 is 0 Å². The van der Waals surface area contributed by atoms with Crippen LogP contribution in [0.3, 0.4) is 0 Å². The van der Waals surface area contributed by atoms with E-state index in [1.807, 2.05) is 30.3 Å². The molecule has 0 N–H and O–H groups in total. The first-order valence-corrected chi connectivity index (χ1v) is 9.92. The van der Waals surface area contributed by atoms with Gasteiger partial charge in [0.1, 0.15) is 6.42 Å². The van der Waals surface area contributed by atoms with Crippen LogP contribution in [0.4, 0.5) is 5.69 Å². The zero-order chi connectivity index (χ0) is 17.9. The van der Waals surface area contributed by atoms with Crippen molar-refractivity contribution in [3.63, 3.8) is 0 Å². The van der Waals surface area contributed by atoms with E-state index in [-0.39, 0.29) is 18.2 Å². The standard InChI is InChI=1S/C21H32N2O2/c1-2-3-4-5-6-7-8-9-10-14-17-22-20(24)18-21(25)23(22)19-15-12-11-13-16-19/h11-13,15-16H,2-10,14,17-18H2,1H3. The molecule has 1 heterocycles. The van der Waals surface area contributed by atoms with E-state index in [9.17, 15) is 9.59 Å². The van der Waals surface area contributed by atoms with Crippen molar-refractivity contribution in [1.82, 2.24) is 5.01 Å². The van der Waals surface area contributed by atoms with Crippen molar-refractivity contribution in [1.29, 1.82) is 0 Å². The molecule has 25 heavy (non-hydrogen) atoms. The van der Waals surface area contributed by atoms with Gasteiger partial charge >= 0.3 is 0 Å². The Balaban J connectivity index is 1.65. The summed E-state index contributed by atoms with van der Waals surface area (Å²) in [6.07, 6.45) is 12.6. The second kappa shape index (κ2) is 10.9. The number of carbonyl (C=O) groups is 2. The maximum Gasteiger partial charge on any atom is 0.255 e. The van der Waals surface area contributed by atoms with Crippen molar-refractivity contribution < 1.29 is 9.59 Å². The Morgan fingerprint density at radius 1 is 0.760 bits per heavy atom. The lowest BCUT2D eigenvalue weighted by Crippen LogP contribution is -2.41. The average molecular weight is 344 g/mol. The molecule has 1 aliphatic heterocycles. The topological polar surface area (TPSA) is 40.6 Å². The van der Waals surface area contributed by atoms with Crippen LogP contribution in [-0.2, 0) is 9.59 Å². The minimum Gasteiger partial charge on any atom is -0.272 e. The minimum atomic E-state index is -0.122. The van der Waals surface area contributed by atoms with Gasteiger partial charge in [-0.05, 0) is 18.6 Å². The molecule has 0 unspecified atom stereocenters. The van der Waals surface area contributed by atoms with Gasteiger partial charge in [0.05, 0.1) is 5.69 Å². The van der Waals surface area contributed by atoms with Gasteiger partial charge in [0.2, 0.25) is 0 Å². The first-order chi connectivity index (χ1) is 12.2. The Bertz CT molecular complexity index is 530. The monoisotopic (exact) mass is 344 g/mol. The Kier molecular flexibility index (Phi) is 8.50. The molecule has 1 saturated heterocycles. The molecule has 0 spiro atoms. The molecule has 2 rings (SSSR count). The highest BCUT2D eigenvalue weighted by molar-refractivity contribution is 6.11. The van der Waals surface area contributed by atoms with Crippen molar-refractivity contribution in [2.75, 3.05) is 11.6 Å². The van der Waals surface area contributed by atoms with Crippen molar-refractivity contribution in [2.24, 2.45) is 0 Å². The molecule has 1 aliphatic rings. The first-order valence-electron chi connectivity index (χ1n) is 9.92. The fraction of sp³-hybridized carbons (Fsp3) is 0.619. The smallest absolute Gasteiger partial charge is 0.255 e. The van der Waals surface area contributed by atoms with Crippen LogP contribution >= 0.6 is 0 Å². The SMILES string of the molecule is CCCCCCCCCCCCN1C(=O)CC(=O)N1c1ccccc1. The molecule has 0 bridgehead atoms. The Labute approximate surface area is 152 Å².